The second-order valence-corrected chi connectivity index (χ2v) is 11.6. The third kappa shape index (κ3) is 4.08. The Morgan fingerprint density at radius 1 is 1.03 bits per heavy atom. The number of rotatable bonds is 3. The molecule has 6 heteroatoms. The van der Waals surface area contributed by atoms with Gasteiger partial charge in [-0.3, -0.25) is 4.79 Å². The number of amides is 1. The van der Waals surface area contributed by atoms with Gasteiger partial charge in [-0.15, -0.1) is 11.3 Å². The molecular weight excluding hydrogens is 392 g/mol. The molecule has 2 aromatic rings. The molecule has 0 spiro atoms. The van der Waals surface area contributed by atoms with Gasteiger partial charge in [-0.05, 0) is 49.5 Å². The van der Waals surface area contributed by atoms with Gasteiger partial charge in [0.2, 0.25) is 5.91 Å². The molecule has 30 heavy (non-hydrogen) atoms. The summed E-state index contributed by atoms with van der Waals surface area (Å²) in [4.78, 5) is 30.1. The third-order valence-corrected chi connectivity index (χ3v) is 7.80. The zero-order valence-corrected chi connectivity index (χ0v) is 19.5. The molecule has 1 saturated heterocycles. The van der Waals surface area contributed by atoms with E-state index in [1.165, 1.54) is 60.7 Å². The number of hydrogen-bond donors (Lipinski definition) is 0. The highest BCUT2D eigenvalue weighted by atomic mass is 32.1. The highest BCUT2D eigenvalue weighted by Crippen LogP contribution is 2.44. The van der Waals surface area contributed by atoms with E-state index in [1.54, 1.807) is 4.88 Å². The van der Waals surface area contributed by atoms with Crippen LogP contribution >= 0.6 is 11.3 Å². The fraction of sp³-hybridized carbons (Fsp3) is 0.708. The summed E-state index contributed by atoms with van der Waals surface area (Å²) in [6.45, 7) is 9.76. The highest BCUT2D eigenvalue weighted by molar-refractivity contribution is 7.19. The molecule has 2 aromatic heterocycles. The Morgan fingerprint density at radius 2 is 1.77 bits per heavy atom. The average molecular weight is 427 g/mol. The van der Waals surface area contributed by atoms with Crippen molar-refractivity contribution in [3.63, 3.8) is 0 Å². The Hall–Kier alpha value is -1.69. The molecular formula is C24H34N4OS. The number of aryl methyl sites for hydroxylation is 2. The van der Waals surface area contributed by atoms with Crippen LogP contribution in [-0.4, -0.2) is 47.0 Å². The van der Waals surface area contributed by atoms with Gasteiger partial charge in [0.15, 0.2) is 0 Å². The van der Waals surface area contributed by atoms with Gasteiger partial charge in [-0.2, -0.15) is 0 Å². The number of carbonyl (C=O) groups is 1. The fourth-order valence-corrected chi connectivity index (χ4v) is 6.08. The zero-order valence-electron chi connectivity index (χ0n) is 18.7. The zero-order chi connectivity index (χ0) is 20.9. The van der Waals surface area contributed by atoms with Crippen LogP contribution in [0, 0.1) is 5.41 Å². The molecule has 2 aliphatic carbocycles. The number of carbonyl (C=O) groups excluding carboxylic acids is 1. The van der Waals surface area contributed by atoms with Crippen molar-refractivity contribution in [3.05, 3.63) is 16.3 Å². The van der Waals surface area contributed by atoms with Crippen LogP contribution in [0.15, 0.2) is 0 Å². The van der Waals surface area contributed by atoms with E-state index in [-0.39, 0.29) is 11.3 Å². The maximum atomic E-state index is 12.7. The summed E-state index contributed by atoms with van der Waals surface area (Å²) in [5.41, 5.74) is 1.57. The van der Waals surface area contributed by atoms with Crippen molar-refractivity contribution in [1.82, 2.24) is 14.9 Å². The van der Waals surface area contributed by atoms with E-state index >= 15 is 0 Å². The van der Waals surface area contributed by atoms with E-state index < -0.39 is 0 Å². The first kappa shape index (κ1) is 20.2. The Balaban J connectivity index is 1.44. The molecule has 162 valence electrons. The molecule has 1 aliphatic heterocycles. The monoisotopic (exact) mass is 426 g/mol. The standard InChI is InChI=1S/C24H34N4OS/c1-24(2,3)15-19(29)27-11-13-28(14-12-27)22-20-17-7-5-4-6-8-18(17)30-23(20)26-21(25-22)16-9-10-16/h16H,4-15H2,1-3H3. The predicted molar refractivity (Wildman–Crippen MR) is 124 cm³/mol. The van der Waals surface area contributed by atoms with E-state index in [1.807, 2.05) is 11.3 Å². The number of hydrogen-bond acceptors (Lipinski definition) is 5. The maximum absolute atomic E-state index is 12.7. The molecule has 0 unspecified atom stereocenters. The number of anilines is 1. The quantitative estimate of drug-likeness (QED) is 0.654. The number of aromatic nitrogens is 2. The predicted octanol–water partition coefficient (Wildman–Crippen LogP) is 4.92. The van der Waals surface area contributed by atoms with E-state index in [0.717, 1.165) is 37.8 Å². The van der Waals surface area contributed by atoms with Gasteiger partial charge in [0.1, 0.15) is 16.5 Å². The molecule has 3 heterocycles. The molecule has 0 atom stereocenters. The Morgan fingerprint density at radius 3 is 2.47 bits per heavy atom. The van der Waals surface area contributed by atoms with Gasteiger partial charge < -0.3 is 9.80 Å². The minimum absolute atomic E-state index is 0.0421. The van der Waals surface area contributed by atoms with Crippen LogP contribution in [0.2, 0.25) is 0 Å². The van der Waals surface area contributed by atoms with Crippen LogP contribution in [0.4, 0.5) is 5.82 Å². The Kier molecular flexibility index (Phi) is 5.24. The number of nitrogens with zero attached hydrogens (tertiary/aromatic N) is 4. The van der Waals surface area contributed by atoms with Crippen LogP contribution in [0.25, 0.3) is 10.2 Å². The summed E-state index contributed by atoms with van der Waals surface area (Å²) in [6, 6.07) is 0. The molecule has 0 radical (unpaired) electrons. The molecule has 3 aliphatic rings. The van der Waals surface area contributed by atoms with Crippen molar-refractivity contribution in [2.24, 2.45) is 5.41 Å². The van der Waals surface area contributed by atoms with Gasteiger partial charge in [0, 0.05) is 43.4 Å². The van der Waals surface area contributed by atoms with Crippen LogP contribution in [0.3, 0.4) is 0 Å². The first-order chi connectivity index (χ1) is 14.4. The van der Waals surface area contributed by atoms with Crippen LogP contribution in [0.1, 0.15) is 81.5 Å². The molecule has 0 N–H and O–H groups in total. The molecule has 0 bridgehead atoms. The van der Waals surface area contributed by atoms with Gasteiger partial charge in [0.25, 0.3) is 0 Å². The second-order valence-electron chi connectivity index (χ2n) is 10.5. The summed E-state index contributed by atoms with van der Waals surface area (Å²) < 4.78 is 0. The highest BCUT2D eigenvalue weighted by Gasteiger charge is 2.32. The lowest BCUT2D eigenvalue weighted by Gasteiger charge is -2.37. The lowest BCUT2D eigenvalue weighted by Crippen LogP contribution is -2.49. The number of fused-ring (bicyclic) bond motifs is 3. The molecule has 1 amide bonds. The van der Waals surface area contributed by atoms with Crippen molar-refractivity contribution in [3.8, 4) is 0 Å². The van der Waals surface area contributed by atoms with E-state index in [9.17, 15) is 4.79 Å². The van der Waals surface area contributed by atoms with Crippen LogP contribution < -0.4 is 4.90 Å². The summed E-state index contributed by atoms with van der Waals surface area (Å²) in [6.07, 6.45) is 9.34. The molecule has 5 nitrogen and oxygen atoms in total. The first-order valence-electron chi connectivity index (χ1n) is 11.7. The maximum Gasteiger partial charge on any atom is 0.223 e. The van der Waals surface area contributed by atoms with Crippen molar-refractivity contribution in [1.29, 1.82) is 0 Å². The lowest BCUT2D eigenvalue weighted by molar-refractivity contribution is -0.133. The normalized spacial score (nSPS) is 20.4. The average Bonchev–Trinajstić information content (AvgIpc) is 3.52. The van der Waals surface area contributed by atoms with Crippen LogP contribution in [0.5, 0.6) is 0 Å². The van der Waals surface area contributed by atoms with Gasteiger partial charge in [0.05, 0.1) is 5.39 Å². The minimum atomic E-state index is 0.0421. The first-order valence-corrected chi connectivity index (χ1v) is 12.6. The largest absolute Gasteiger partial charge is 0.352 e. The van der Waals surface area contributed by atoms with Crippen molar-refractivity contribution >= 4 is 33.3 Å². The Labute approximate surface area is 183 Å². The molecule has 2 fully saturated rings. The summed E-state index contributed by atoms with van der Waals surface area (Å²) in [7, 11) is 0. The molecule has 1 saturated carbocycles. The minimum Gasteiger partial charge on any atom is -0.352 e. The van der Waals surface area contributed by atoms with Gasteiger partial charge in [-0.25, -0.2) is 9.97 Å². The summed E-state index contributed by atoms with van der Waals surface area (Å²) in [5.74, 6) is 3.06. The molecule has 0 aromatic carbocycles. The number of piperazine rings is 1. The Bertz CT molecular complexity index is 948. The number of thiophene rings is 1. The van der Waals surface area contributed by atoms with Gasteiger partial charge >= 0.3 is 0 Å². The third-order valence-electron chi connectivity index (χ3n) is 6.62. The van der Waals surface area contributed by atoms with Crippen LogP contribution in [-0.2, 0) is 17.6 Å². The molecule has 5 rings (SSSR count). The second kappa shape index (κ2) is 7.77. The van der Waals surface area contributed by atoms with E-state index in [2.05, 4.69) is 30.6 Å². The fourth-order valence-electron chi connectivity index (χ4n) is 4.82. The summed E-state index contributed by atoms with van der Waals surface area (Å²) in [5, 5.41) is 1.33. The SMILES string of the molecule is CC(C)(C)CC(=O)N1CCN(c2nc(C3CC3)nc3sc4c(c23)CCCCC4)CC1. The van der Waals surface area contributed by atoms with Crippen molar-refractivity contribution in [2.75, 3.05) is 31.1 Å². The topological polar surface area (TPSA) is 49.3 Å². The van der Waals surface area contributed by atoms with E-state index in [0.29, 0.717) is 12.3 Å². The van der Waals surface area contributed by atoms with Crippen molar-refractivity contribution < 1.29 is 4.79 Å². The summed E-state index contributed by atoms with van der Waals surface area (Å²) >= 11 is 1.92. The van der Waals surface area contributed by atoms with E-state index in [4.69, 9.17) is 9.97 Å². The van der Waals surface area contributed by atoms with Gasteiger partial charge in [-0.1, -0.05) is 27.2 Å². The van der Waals surface area contributed by atoms with Crippen molar-refractivity contribution in [2.45, 2.75) is 78.1 Å². The lowest BCUT2D eigenvalue weighted by atomic mass is 9.91. The smallest absolute Gasteiger partial charge is 0.223 e.